The van der Waals surface area contributed by atoms with E-state index in [9.17, 15) is 0 Å². The molecule has 142 valence electrons. The molecule has 1 fully saturated rings. The number of hydrogen-bond donors (Lipinski definition) is 1. The van der Waals surface area contributed by atoms with Crippen molar-refractivity contribution in [1.82, 2.24) is 15.2 Å². The number of aliphatic imine (C=N–C) groups is 1. The molecule has 0 bridgehead atoms. The molecule has 1 aromatic heterocycles. The van der Waals surface area contributed by atoms with E-state index in [-0.39, 0.29) is 24.0 Å². The molecule has 0 radical (unpaired) electrons. The molecule has 2 aromatic rings. The first-order chi connectivity index (χ1) is 12.2. The summed E-state index contributed by atoms with van der Waals surface area (Å²) < 4.78 is 0. The lowest BCUT2D eigenvalue weighted by Crippen LogP contribution is -2.37. The van der Waals surface area contributed by atoms with Gasteiger partial charge in [0.1, 0.15) is 0 Å². The Hall–Kier alpha value is -1.35. The van der Waals surface area contributed by atoms with Gasteiger partial charge in [-0.05, 0) is 18.4 Å². The predicted molar refractivity (Wildman–Crippen MR) is 122 cm³/mol. The molecule has 5 nitrogen and oxygen atoms in total. The molecule has 1 N–H and O–H groups in total. The van der Waals surface area contributed by atoms with Crippen molar-refractivity contribution < 1.29 is 0 Å². The number of nitrogens with one attached hydrogen (secondary N) is 1. The molecule has 1 aliphatic rings. The molecule has 2 heterocycles. The van der Waals surface area contributed by atoms with Crippen LogP contribution >= 0.6 is 35.3 Å². The third kappa shape index (κ3) is 6.12. The van der Waals surface area contributed by atoms with Gasteiger partial charge in [-0.25, -0.2) is 9.98 Å². The Bertz CT molecular complexity index is 680. The molecule has 0 aliphatic carbocycles. The van der Waals surface area contributed by atoms with E-state index in [2.05, 4.69) is 27.7 Å². The van der Waals surface area contributed by atoms with Gasteiger partial charge in [-0.3, -0.25) is 0 Å². The zero-order chi connectivity index (χ0) is 17.5. The van der Waals surface area contributed by atoms with Gasteiger partial charge >= 0.3 is 0 Å². The standard InChI is InChI=1S/C19H27N5S.HI/c1-23(2)18(21-14-16-8-4-3-5-9-16)20-11-10-17-15-25-19(22-17)24-12-6-7-13-24;/h3-5,8-9,15H,6-7,10-14H2,1-2H3,(H,20,21);1H. The number of aromatic nitrogens is 1. The summed E-state index contributed by atoms with van der Waals surface area (Å²) in [4.78, 5) is 13.9. The lowest BCUT2D eigenvalue weighted by Gasteiger charge is -2.17. The molecule has 0 unspecified atom stereocenters. The van der Waals surface area contributed by atoms with Crippen molar-refractivity contribution in [3.05, 3.63) is 47.0 Å². The average molecular weight is 485 g/mol. The number of thiazole rings is 1. The maximum atomic E-state index is 4.78. The lowest BCUT2D eigenvalue weighted by atomic mass is 10.2. The number of halogens is 1. The Labute approximate surface area is 177 Å². The van der Waals surface area contributed by atoms with Gasteiger partial charge in [0.2, 0.25) is 0 Å². The van der Waals surface area contributed by atoms with E-state index in [0.29, 0.717) is 6.54 Å². The molecule has 7 heteroatoms. The highest BCUT2D eigenvalue weighted by atomic mass is 127. The van der Waals surface area contributed by atoms with Crippen molar-refractivity contribution in [2.75, 3.05) is 38.6 Å². The Morgan fingerprint density at radius 1 is 1.23 bits per heavy atom. The van der Waals surface area contributed by atoms with Crippen molar-refractivity contribution in [1.29, 1.82) is 0 Å². The minimum Gasteiger partial charge on any atom is -0.356 e. The third-order valence-corrected chi connectivity index (χ3v) is 5.21. The van der Waals surface area contributed by atoms with Gasteiger partial charge in [0.15, 0.2) is 11.1 Å². The van der Waals surface area contributed by atoms with Crippen molar-refractivity contribution >= 4 is 46.4 Å². The van der Waals surface area contributed by atoms with Gasteiger partial charge in [-0.2, -0.15) is 0 Å². The summed E-state index contributed by atoms with van der Waals surface area (Å²) >= 11 is 1.77. The highest BCUT2D eigenvalue weighted by molar-refractivity contribution is 14.0. The quantitative estimate of drug-likeness (QED) is 0.386. The van der Waals surface area contributed by atoms with Crippen LogP contribution in [0.15, 0.2) is 40.7 Å². The molecule has 0 saturated carbocycles. The van der Waals surface area contributed by atoms with Crippen LogP contribution in [0.3, 0.4) is 0 Å². The molecule has 1 aliphatic heterocycles. The highest BCUT2D eigenvalue weighted by Gasteiger charge is 2.15. The van der Waals surface area contributed by atoms with Crippen LogP contribution < -0.4 is 10.2 Å². The second-order valence-corrected chi connectivity index (χ2v) is 7.35. The topological polar surface area (TPSA) is 43.8 Å². The Morgan fingerprint density at radius 3 is 2.65 bits per heavy atom. The van der Waals surface area contributed by atoms with Gasteiger partial charge < -0.3 is 15.1 Å². The van der Waals surface area contributed by atoms with Gasteiger partial charge in [-0.15, -0.1) is 35.3 Å². The molecular weight excluding hydrogens is 457 g/mol. The first-order valence-corrected chi connectivity index (χ1v) is 9.79. The SMILES string of the molecule is CN(C)C(=NCc1ccccc1)NCCc1csc(N2CCCC2)n1.I. The summed E-state index contributed by atoms with van der Waals surface area (Å²) in [5, 5.41) is 6.81. The van der Waals surface area contributed by atoms with E-state index >= 15 is 0 Å². The zero-order valence-electron chi connectivity index (χ0n) is 15.5. The normalized spacial score (nSPS) is 14.2. The monoisotopic (exact) mass is 485 g/mol. The summed E-state index contributed by atoms with van der Waals surface area (Å²) in [6, 6.07) is 10.3. The minimum absolute atomic E-state index is 0. The Kier molecular flexibility index (Phi) is 8.64. The van der Waals surface area contributed by atoms with Crippen LogP contribution in [0.2, 0.25) is 0 Å². The Balaban J connectivity index is 0.00000243. The maximum absolute atomic E-state index is 4.78. The summed E-state index contributed by atoms with van der Waals surface area (Å²) in [5.74, 6) is 0.916. The van der Waals surface area contributed by atoms with E-state index in [0.717, 1.165) is 32.0 Å². The maximum Gasteiger partial charge on any atom is 0.193 e. The number of hydrogen-bond acceptors (Lipinski definition) is 4. The summed E-state index contributed by atoms with van der Waals surface area (Å²) in [5.41, 5.74) is 2.39. The van der Waals surface area contributed by atoms with E-state index in [1.165, 1.54) is 29.2 Å². The van der Waals surface area contributed by atoms with Crippen molar-refractivity contribution in [3.8, 4) is 0 Å². The van der Waals surface area contributed by atoms with Crippen LogP contribution in [0.1, 0.15) is 24.1 Å². The van der Waals surface area contributed by atoms with Crippen molar-refractivity contribution in [2.24, 2.45) is 4.99 Å². The number of nitrogens with zero attached hydrogens (tertiary/aromatic N) is 4. The van der Waals surface area contributed by atoms with E-state index in [1.807, 2.05) is 37.2 Å². The fraction of sp³-hybridized carbons (Fsp3) is 0.474. The van der Waals surface area contributed by atoms with Crippen LogP contribution in [0.4, 0.5) is 5.13 Å². The molecule has 3 rings (SSSR count). The van der Waals surface area contributed by atoms with Crippen molar-refractivity contribution in [2.45, 2.75) is 25.8 Å². The fourth-order valence-electron chi connectivity index (χ4n) is 2.87. The van der Waals surface area contributed by atoms with E-state index in [1.54, 1.807) is 11.3 Å². The summed E-state index contributed by atoms with van der Waals surface area (Å²) in [6.07, 6.45) is 3.50. The van der Waals surface area contributed by atoms with E-state index in [4.69, 9.17) is 9.98 Å². The highest BCUT2D eigenvalue weighted by Crippen LogP contribution is 2.24. The molecule has 0 amide bonds. The van der Waals surface area contributed by atoms with Crippen LogP contribution in [-0.4, -0.2) is 49.6 Å². The second-order valence-electron chi connectivity index (χ2n) is 6.51. The second kappa shape index (κ2) is 10.7. The van der Waals surface area contributed by atoms with Crippen molar-refractivity contribution in [3.63, 3.8) is 0 Å². The zero-order valence-corrected chi connectivity index (χ0v) is 18.7. The minimum atomic E-state index is 0. The number of benzene rings is 1. The first-order valence-electron chi connectivity index (χ1n) is 8.91. The molecule has 1 saturated heterocycles. The average Bonchev–Trinajstić information content (AvgIpc) is 3.29. The van der Waals surface area contributed by atoms with Crippen LogP contribution in [0, 0.1) is 0 Å². The molecular formula is C19H28IN5S. The summed E-state index contributed by atoms with van der Waals surface area (Å²) in [7, 11) is 4.04. The van der Waals surface area contributed by atoms with Gasteiger partial charge in [0.05, 0.1) is 12.2 Å². The fourth-order valence-corrected chi connectivity index (χ4v) is 3.79. The molecule has 1 aromatic carbocycles. The van der Waals surface area contributed by atoms with Crippen LogP contribution in [0.25, 0.3) is 0 Å². The predicted octanol–water partition coefficient (Wildman–Crippen LogP) is 3.61. The van der Waals surface area contributed by atoms with Gasteiger partial charge in [-0.1, -0.05) is 30.3 Å². The van der Waals surface area contributed by atoms with Crippen LogP contribution in [-0.2, 0) is 13.0 Å². The smallest absolute Gasteiger partial charge is 0.193 e. The Morgan fingerprint density at radius 2 is 1.96 bits per heavy atom. The first kappa shape index (κ1) is 21.0. The molecule has 26 heavy (non-hydrogen) atoms. The third-order valence-electron chi connectivity index (χ3n) is 4.26. The summed E-state index contributed by atoms with van der Waals surface area (Å²) in [6.45, 7) is 3.84. The molecule has 0 spiro atoms. The molecule has 0 atom stereocenters. The number of guanidine groups is 1. The van der Waals surface area contributed by atoms with Gasteiger partial charge in [0, 0.05) is 45.5 Å². The lowest BCUT2D eigenvalue weighted by molar-refractivity contribution is 0.578. The number of rotatable bonds is 6. The largest absolute Gasteiger partial charge is 0.356 e. The van der Waals surface area contributed by atoms with Gasteiger partial charge in [0.25, 0.3) is 0 Å². The van der Waals surface area contributed by atoms with E-state index < -0.39 is 0 Å². The van der Waals surface area contributed by atoms with Crippen LogP contribution in [0.5, 0.6) is 0 Å². The number of anilines is 1.